The summed E-state index contributed by atoms with van der Waals surface area (Å²) in [6, 6.07) is -0.861. The summed E-state index contributed by atoms with van der Waals surface area (Å²) >= 11 is 0. The molecule has 1 unspecified atom stereocenters. The van der Waals surface area contributed by atoms with Crippen molar-refractivity contribution >= 4 is 0 Å². The zero-order valence-corrected chi connectivity index (χ0v) is 3.66. The molecule has 3 heteroatoms. The summed E-state index contributed by atoms with van der Waals surface area (Å²) in [5.74, 6) is 1.97. The summed E-state index contributed by atoms with van der Waals surface area (Å²) < 4.78 is 0. The van der Waals surface area contributed by atoms with Gasteiger partial charge in [0, 0.05) is 0 Å². The number of nitroso groups, excluding NO2 is 1. The second-order valence-electron chi connectivity index (χ2n) is 0.970. The van der Waals surface area contributed by atoms with E-state index in [1.54, 1.807) is 0 Å². The molecule has 0 saturated carbocycles. The third-order valence-corrected chi connectivity index (χ3v) is 0.493. The van der Waals surface area contributed by atoms with Gasteiger partial charge >= 0.3 is 0 Å². The van der Waals surface area contributed by atoms with Crippen LogP contribution in [0.1, 0.15) is 0 Å². The number of aliphatic hydroxyl groups excluding tert-OH is 1. The highest BCUT2D eigenvalue weighted by Crippen LogP contribution is 1.81. The van der Waals surface area contributed by atoms with Crippen molar-refractivity contribution in [1.29, 1.82) is 0 Å². The van der Waals surface area contributed by atoms with Crippen molar-refractivity contribution in [2.75, 3.05) is 6.61 Å². The summed E-state index contributed by atoms with van der Waals surface area (Å²) in [4.78, 5) is 9.41. The molecule has 0 fully saturated rings. The van der Waals surface area contributed by atoms with Crippen LogP contribution in [-0.2, 0) is 0 Å². The predicted octanol–water partition coefficient (Wildman–Crippen LogP) is -0.253. The van der Waals surface area contributed by atoms with Crippen LogP contribution < -0.4 is 0 Å². The summed E-state index contributed by atoms with van der Waals surface area (Å²) in [6.45, 7) is -0.361. The molecule has 0 amide bonds. The van der Waals surface area contributed by atoms with Gasteiger partial charge in [0.25, 0.3) is 0 Å². The van der Waals surface area contributed by atoms with Gasteiger partial charge < -0.3 is 5.11 Å². The van der Waals surface area contributed by atoms with Gasteiger partial charge in [0.05, 0.1) is 6.61 Å². The smallest absolute Gasteiger partial charge is 0.175 e. The van der Waals surface area contributed by atoms with Gasteiger partial charge in [0.15, 0.2) is 6.04 Å². The molecule has 0 heterocycles. The molecule has 0 rings (SSSR count). The maximum Gasteiger partial charge on any atom is 0.175 e. The lowest BCUT2D eigenvalue weighted by atomic mass is 10.4. The molecule has 0 aromatic rings. The first-order valence-corrected chi connectivity index (χ1v) is 1.74. The van der Waals surface area contributed by atoms with E-state index in [2.05, 4.69) is 5.18 Å². The van der Waals surface area contributed by atoms with Crippen LogP contribution in [0.5, 0.6) is 0 Å². The van der Waals surface area contributed by atoms with Gasteiger partial charge in [0.1, 0.15) is 0 Å². The van der Waals surface area contributed by atoms with Crippen molar-refractivity contribution in [2.45, 2.75) is 6.04 Å². The van der Waals surface area contributed by atoms with E-state index in [0.29, 0.717) is 0 Å². The molecule has 0 radical (unpaired) electrons. The molecule has 0 aliphatic heterocycles. The Kier molecular flexibility index (Phi) is 2.90. The number of nitrogens with zero attached hydrogens (tertiary/aromatic N) is 1. The van der Waals surface area contributed by atoms with E-state index in [9.17, 15) is 4.91 Å². The van der Waals surface area contributed by atoms with E-state index in [4.69, 9.17) is 11.5 Å². The van der Waals surface area contributed by atoms with Gasteiger partial charge in [-0.15, -0.1) is 11.3 Å². The molecule has 0 spiro atoms. The van der Waals surface area contributed by atoms with Crippen LogP contribution in [0.2, 0.25) is 0 Å². The zero-order chi connectivity index (χ0) is 5.70. The van der Waals surface area contributed by atoms with E-state index >= 15 is 0 Å². The lowest BCUT2D eigenvalue weighted by molar-refractivity contribution is 0.287. The summed E-state index contributed by atoms with van der Waals surface area (Å²) in [6.07, 6.45) is 4.69. The van der Waals surface area contributed by atoms with Crippen LogP contribution in [0.4, 0.5) is 0 Å². The van der Waals surface area contributed by atoms with Crippen molar-refractivity contribution in [3.63, 3.8) is 0 Å². The minimum Gasteiger partial charge on any atom is -0.393 e. The van der Waals surface area contributed by atoms with Gasteiger partial charge in [0.2, 0.25) is 0 Å². The Morgan fingerprint density at radius 1 is 2.00 bits per heavy atom. The minimum atomic E-state index is -0.861. The zero-order valence-electron chi connectivity index (χ0n) is 3.66. The molecule has 0 aromatic heterocycles. The van der Waals surface area contributed by atoms with E-state index in [0.717, 1.165) is 0 Å². The minimum absolute atomic E-state index is 0.361. The fourth-order valence-electron chi connectivity index (χ4n) is 0.116. The number of rotatable bonds is 2. The topological polar surface area (TPSA) is 49.7 Å². The van der Waals surface area contributed by atoms with Crippen LogP contribution in [0.3, 0.4) is 0 Å². The van der Waals surface area contributed by atoms with E-state index in [1.165, 1.54) is 0 Å². The van der Waals surface area contributed by atoms with Gasteiger partial charge in [-0.05, 0) is 0 Å². The molecular weight excluding hydrogens is 94.0 g/mol. The molecule has 38 valence electrons. The number of hydrogen-bond acceptors (Lipinski definition) is 3. The Labute approximate surface area is 41.3 Å². The lowest BCUT2D eigenvalue weighted by Gasteiger charge is -1.88. The predicted molar refractivity (Wildman–Crippen MR) is 25.5 cm³/mol. The molecular formula is C4H5NO2. The number of hydrogen-bond donors (Lipinski definition) is 1. The Morgan fingerprint density at radius 2 is 2.57 bits per heavy atom. The van der Waals surface area contributed by atoms with E-state index in [1.807, 2.05) is 5.92 Å². The van der Waals surface area contributed by atoms with Crippen molar-refractivity contribution < 1.29 is 5.11 Å². The van der Waals surface area contributed by atoms with Gasteiger partial charge in [-0.2, -0.15) is 0 Å². The molecule has 3 nitrogen and oxygen atoms in total. The van der Waals surface area contributed by atoms with Crippen LogP contribution >= 0.6 is 0 Å². The molecule has 7 heavy (non-hydrogen) atoms. The van der Waals surface area contributed by atoms with Crippen LogP contribution in [0, 0.1) is 17.3 Å². The maximum atomic E-state index is 9.41. The molecule has 0 aromatic carbocycles. The van der Waals surface area contributed by atoms with Gasteiger partial charge in [-0.1, -0.05) is 11.1 Å². The number of terminal acetylenes is 1. The fourth-order valence-corrected chi connectivity index (χ4v) is 0.116. The summed E-state index contributed by atoms with van der Waals surface area (Å²) in [5.41, 5.74) is 0. The Hall–Kier alpha value is -0.880. The van der Waals surface area contributed by atoms with Crippen molar-refractivity contribution in [1.82, 2.24) is 0 Å². The lowest BCUT2D eigenvalue weighted by Crippen LogP contribution is -2.04. The molecule has 0 bridgehead atoms. The highest BCUT2D eigenvalue weighted by atomic mass is 16.3. The van der Waals surface area contributed by atoms with Gasteiger partial charge in [-0.25, -0.2) is 0 Å². The van der Waals surface area contributed by atoms with Crippen molar-refractivity contribution in [3.05, 3.63) is 4.91 Å². The van der Waals surface area contributed by atoms with Crippen LogP contribution in [0.15, 0.2) is 5.18 Å². The first kappa shape index (κ1) is 6.12. The quantitative estimate of drug-likeness (QED) is 0.383. The summed E-state index contributed by atoms with van der Waals surface area (Å²) in [7, 11) is 0. The largest absolute Gasteiger partial charge is 0.393 e. The first-order valence-electron chi connectivity index (χ1n) is 1.74. The van der Waals surface area contributed by atoms with Crippen LogP contribution in [0.25, 0.3) is 0 Å². The Bertz CT molecular complexity index is 94.4. The van der Waals surface area contributed by atoms with Crippen molar-refractivity contribution in [2.24, 2.45) is 5.18 Å². The van der Waals surface area contributed by atoms with Gasteiger partial charge in [-0.3, -0.25) is 0 Å². The average molecular weight is 99.1 g/mol. The standard InChI is InChI=1S/C4H5NO2/c1-2-4(3-6)5-7/h1,4,6H,3H2. The average Bonchev–Trinajstić information content (AvgIpc) is 1.72. The summed E-state index contributed by atoms with van der Waals surface area (Å²) in [5, 5.41) is 10.5. The molecule has 0 aliphatic carbocycles. The highest BCUT2D eigenvalue weighted by Gasteiger charge is 1.96. The number of aliphatic hydroxyl groups is 1. The highest BCUT2D eigenvalue weighted by molar-refractivity contribution is 4.97. The molecule has 0 aliphatic rings. The van der Waals surface area contributed by atoms with E-state index in [-0.39, 0.29) is 6.61 Å². The SMILES string of the molecule is C#CC(CO)N=O. The van der Waals surface area contributed by atoms with Crippen molar-refractivity contribution in [3.8, 4) is 12.3 Å². The monoisotopic (exact) mass is 99.0 g/mol. The molecule has 1 N–H and O–H groups in total. The molecule has 0 saturated heterocycles. The third-order valence-electron chi connectivity index (χ3n) is 0.493. The van der Waals surface area contributed by atoms with E-state index < -0.39 is 6.04 Å². The second-order valence-corrected chi connectivity index (χ2v) is 0.970. The third kappa shape index (κ3) is 1.90. The maximum absolute atomic E-state index is 9.41. The second kappa shape index (κ2) is 3.32. The Morgan fingerprint density at radius 3 is 2.57 bits per heavy atom. The first-order chi connectivity index (χ1) is 3.35. The van der Waals surface area contributed by atoms with Crippen LogP contribution in [-0.4, -0.2) is 17.8 Å². The Balaban J connectivity index is 3.43. The normalized spacial score (nSPS) is 12.0. The molecule has 1 atom stereocenters. The fraction of sp³-hybridized carbons (Fsp3) is 0.500.